The normalized spacial score (nSPS) is 11.2. The van der Waals surface area contributed by atoms with Crippen LogP contribution in [0.1, 0.15) is 22.6 Å². The summed E-state index contributed by atoms with van der Waals surface area (Å²) < 4.78 is 3.10. The first kappa shape index (κ1) is 26.0. The minimum atomic E-state index is -0.726. The van der Waals surface area contributed by atoms with Gasteiger partial charge in [0, 0.05) is 18.3 Å². The van der Waals surface area contributed by atoms with E-state index < -0.39 is 5.92 Å². The maximum absolute atomic E-state index is 14.6. The van der Waals surface area contributed by atoms with Gasteiger partial charge >= 0.3 is 0 Å². The molecule has 7 heteroatoms. The highest BCUT2D eigenvalue weighted by Crippen LogP contribution is 2.38. The largest absolute Gasteiger partial charge is 0.290 e. The zero-order chi connectivity index (χ0) is 29.2. The lowest BCUT2D eigenvalue weighted by molar-refractivity contribution is 0.837. The fourth-order valence-electron chi connectivity index (χ4n) is 5.64. The molecule has 43 heavy (non-hydrogen) atoms. The molecule has 7 nitrogen and oxygen atoms in total. The van der Waals surface area contributed by atoms with E-state index in [1.807, 2.05) is 133 Å². The molecule has 0 saturated carbocycles. The molecule has 2 N–H and O–H groups in total. The van der Waals surface area contributed by atoms with Crippen LogP contribution in [0.4, 0.5) is 0 Å². The van der Waals surface area contributed by atoms with E-state index in [1.165, 1.54) is 0 Å². The SMILES string of the molecule is O=c1c(C(c2ccncc2)c2c(-c3ccccc3)[nH]n(-c3ccccc3)c2=O)c(-c2ccccc2)[nH]n1-c1ccccc1. The van der Waals surface area contributed by atoms with Crippen LogP contribution in [0.3, 0.4) is 0 Å². The summed E-state index contributed by atoms with van der Waals surface area (Å²) in [7, 11) is 0. The molecule has 3 aromatic heterocycles. The topological polar surface area (TPSA) is 88.5 Å². The number of nitrogens with one attached hydrogen (secondary N) is 2. The van der Waals surface area contributed by atoms with Crippen molar-refractivity contribution in [1.29, 1.82) is 0 Å². The third-order valence-corrected chi connectivity index (χ3v) is 7.62. The second-order valence-electron chi connectivity index (χ2n) is 10.2. The van der Waals surface area contributed by atoms with Gasteiger partial charge in [0.15, 0.2) is 0 Å². The monoisotopic (exact) mass is 561 g/mol. The molecule has 0 aliphatic rings. The van der Waals surface area contributed by atoms with Gasteiger partial charge in [0.1, 0.15) is 0 Å². The lowest BCUT2D eigenvalue weighted by Crippen LogP contribution is -2.25. The van der Waals surface area contributed by atoms with Gasteiger partial charge in [-0.1, -0.05) is 97.1 Å². The van der Waals surface area contributed by atoms with Gasteiger partial charge in [0.05, 0.1) is 33.9 Å². The molecule has 208 valence electrons. The second-order valence-corrected chi connectivity index (χ2v) is 10.2. The van der Waals surface area contributed by atoms with Crippen molar-refractivity contribution in [3.8, 4) is 33.9 Å². The van der Waals surface area contributed by atoms with E-state index in [0.717, 1.165) is 16.7 Å². The number of hydrogen-bond donors (Lipinski definition) is 2. The summed E-state index contributed by atoms with van der Waals surface area (Å²) in [5, 5.41) is 6.78. The van der Waals surface area contributed by atoms with Gasteiger partial charge in [-0.2, -0.15) is 0 Å². The van der Waals surface area contributed by atoms with Gasteiger partial charge < -0.3 is 0 Å². The van der Waals surface area contributed by atoms with Crippen LogP contribution >= 0.6 is 0 Å². The smallest absolute Gasteiger partial charge is 0.276 e. The van der Waals surface area contributed by atoms with Crippen LogP contribution < -0.4 is 11.1 Å². The Kier molecular flexibility index (Phi) is 6.73. The van der Waals surface area contributed by atoms with Crippen LogP contribution in [-0.2, 0) is 0 Å². The number of hydrogen-bond acceptors (Lipinski definition) is 3. The molecule has 7 rings (SSSR count). The van der Waals surface area contributed by atoms with E-state index in [2.05, 4.69) is 15.2 Å². The molecule has 7 aromatic rings. The number of H-pyrrole nitrogens is 2. The minimum Gasteiger partial charge on any atom is -0.290 e. The summed E-state index contributed by atoms with van der Waals surface area (Å²) >= 11 is 0. The summed E-state index contributed by atoms with van der Waals surface area (Å²) in [4.78, 5) is 33.4. The minimum absolute atomic E-state index is 0.238. The number of para-hydroxylation sites is 2. The van der Waals surface area contributed by atoms with Crippen molar-refractivity contribution >= 4 is 0 Å². The van der Waals surface area contributed by atoms with Gasteiger partial charge in [-0.05, 0) is 53.1 Å². The van der Waals surface area contributed by atoms with Crippen molar-refractivity contribution in [2.45, 2.75) is 5.92 Å². The molecule has 0 unspecified atom stereocenters. The standard InChI is InChI=1S/C36H27N5O2/c42-35-31(33(26-13-5-1-6-14-26)38-40(35)28-17-9-3-10-18-28)30(25-21-23-37-24-22-25)32-34(27-15-7-2-8-16-27)39-41(36(32)43)29-19-11-4-12-20-29/h1-24,30,38-39H. The molecule has 0 bridgehead atoms. The number of aromatic nitrogens is 5. The molecule has 0 radical (unpaired) electrons. The predicted molar refractivity (Wildman–Crippen MR) is 169 cm³/mol. The fourth-order valence-corrected chi connectivity index (χ4v) is 5.64. The first-order chi connectivity index (χ1) is 21.2. The first-order valence-electron chi connectivity index (χ1n) is 14.0. The van der Waals surface area contributed by atoms with Crippen LogP contribution in [0.15, 0.2) is 155 Å². The maximum atomic E-state index is 14.6. The molecule has 0 aliphatic carbocycles. The molecule has 0 atom stereocenters. The van der Waals surface area contributed by atoms with E-state index in [1.54, 1.807) is 21.8 Å². The molecular weight excluding hydrogens is 534 g/mol. The Balaban J connectivity index is 1.59. The highest BCUT2D eigenvalue weighted by Gasteiger charge is 2.33. The van der Waals surface area contributed by atoms with Gasteiger partial charge in [-0.25, -0.2) is 9.36 Å². The zero-order valence-electron chi connectivity index (χ0n) is 23.1. The maximum Gasteiger partial charge on any atom is 0.276 e. The van der Waals surface area contributed by atoms with E-state index >= 15 is 0 Å². The van der Waals surface area contributed by atoms with Crippen molar-refractivity contribution in [1.82, 2.24) is 24.5 Å². The van der Waals surface area contributed by atoms with Gasteiger partial charge in [-0.3, -0.25) is 24.8 Å². The Bertz CT molecular complexity index is 1960. The quantitative estimate of drug-likeness (QED) is 0.231. The lowest BCUT2D eigenvalue weighted by Gasteiger charge is -2.17. The van der Waals surface area contributed by atoms with Crippen molar-refractivity contribution < 1.29 is 0 Å². The van der Waals surface area contributed by atoms with Crippen molar-refractivity contribution in [2.75, 3.05) is 0 Å². The van der Waals surface area contributed by atoms with Crippen LogP contribution in [0.2, 0.25) is 0 Å². The van der Waals surface area contributed by atoms with Crippen LogP contribution in [-0.4, -0.2) is 24.5 Å². The van der Waals surface area contributed by atoms with E-state index in [-0.39, 0.29) is 11.1 Å². The van der Waals surface area contributed by atoms with Crippen LogP contribution in [0.5, 0.6) is 0 Å². The average Bonchev–Trinajstić information content (AvgIpc) is 3.60. The van der Waals surface area contributed by atoms with Crippen molar-refractivity contribution in [3.05, 3.63) is 183 Å². The molecule has 4 aromatic carbocycles. The first-order valence-corrected chi connectivity index (χ1v) is 14.0. The van der Waals surface area contributed by atoms with Crippen LogP contribution in [0.25, 0.3) is 33.9 Å². The third kappa shape index (κ3) is 4.73. The summed E-state index contributed by atoms with van der Waals surface area (Å²) in [5.41, 5.74) is 5.58. The van der Waals surface area contributed by atoms with Gasteiger partial charge in [0.25, 0.3) is 11.1 Å². The highest BCUT2D eigenvalue weighted by molar-refractivity contribution is 5.71. The number of rotatable bonds is 7. The molecule has 0 fully saturated rings. The van der Waals surface area contributed by atoms with E-state index in [4.69, 9.17) is 0 Å². The van der Waals surface area contributed by atoms with Gasteiger partial charge in [-0.15, -0.1) is 0 Å². The van der Waals surface area contributed by atoms with E-state index in [0.29, 0.717) is 33.9 Å². The zero-order valence-corrected chi connectivity index (χ0v) is 23.1. The van der Waals surface area contributed by atoms with E-state index in [9.17, 15) is 9.59 Å². The number of pyridine rings is 1. The Morgan fingerprint density at radius 1 is 0.488 bits per heavy atom. The molecule has 0 aliphatic heterocycles. The molecule has 0 spiro atoms. The summed E-state index contributed by atoms with van der Waals surface area (Å²) in [5.74, 6) is -0.726. The Morgan fingerprint density at radius 2 is 0.860 bits per heavy atom. The predicted octanol–water partition coefficient (Wildman–Crippen LogP) is 6.55. The van der Waals surface area contributed by atoms with Crippen molar-refractivity contribution in [3.63, 3.8) is 0 Å². The second kappa shape index (κ2) is 11.1. The van der Waals surface area contributed by atoms with Gasteiger partial charge in [0.2, 0.25) is 0 Å². The Hall–Kier alpha value is -5.95. The lowest BCUT2D eigenvalue weighted by atomic mass is 9.83. The number of benzene rings is 4. The summed E-state index contributed by atoms with van der Waals surface area (Å²) in [6.45, 7) is 0. The number of aromatic amines is 2. The Labute approximate surface area is 247 Å². The average molecular weight is 562 g/mol. The van der Waals surface area contributed by atoms with Crippen LogP contribution in [0, 0.1) is 0 Å². The summed E-state index contributed by atoms with van der Waals surface area (Å²) in [6.07, 6.45) is 3.38. The molecule has 0 amide bonds. The van der Waals surface area contributed by atoms with Crippen molar-refractivity contribution in [2.24, 2.45) is 0 Å². The molecular formula is C36H27N5O2. The number of nitrogens with zero attached hydrogens (tertiary/aromatic N) is 3. The molecule has 3 heterocycles. The highest BCUT2D eigenvalue weighted by atomic mass is 16.1. The Morgan fingerprint density at radius 3 is 1.26 bits per heavy atom. The molecule has 0 saturated heterocycles. The fraction of sp³-hybridized carbons (Fsp3) is 0.0278. The third-order valence-electron chi connectivity index (χ3n) is 7.62. The summed E-state index contributed by atoms with van der Waals surface area (Å²) in [6, 6.07) is 42.1.